The molecule has 0 aliphatic carbocycles. The molecule has 4 nitrogen and oxygen atoms in total. The number of hydrogen-bond donors (Lipinski definition) is 3. The molecule has 0 spiro atoms. The molecule has 1 aromatic carbocycles. The fourth-order valence-electron chi connectivity index (χ4n) is 1.43. The minimum Gasteiger partial charge on any atom is -0.508 e. The number of benzene rings is 1. The lowest BCUT2D eigenvalue weighted by molar-refractivity contribution is -0.151. The second kappa shape index (κ2) is 4.98. The van der Waals surface area contributed by atoms with Crippen LogP contribution in [0.4, 0.5) is 0 Å². The van der Waals surface area contributed by atoms with Crippen LogP contribution in [0.1, 0.15) is 33.3 Å². The van der Waals surface area contributed by atoms with Crippen molar-refractivity contribution in [1.29, 1.82) is 0 Å². The van der Waals surface area contributed by atoms with Gasteiger partial charge in [0.1, 0.15) is 5.75 Å². The first-order chi connectivity index (χ1) is 8.17. The summed E-state index contributed by atoms with van der Waals surface area (Å²) in [5.41, 5.74) is -0.414. The van der Waals surface area contributed by atoms with E-state index >= 15 is 0 Å². The van der Waals surface area contributed by atoms with Gasteiger partial charge >= 0.3 is 5.97 Å². The smallest absolute Gasteiger partial charge is 0.310 e. The van der Waals surface area contributed by atoms with E-state index in [-0.39, 0.29) is 5.75 Å². The Balaban J connectivity index is 2.73. The molecule has 100 valence electrons. The Morgan fingerprint density at radius 3 is 2.11 bits per heavy atom. The average Bonchev–Trinajstić information content (AvgIpc) is 2.28. The highest BCUT2D eigenvalue weighted by molar-refractivity contribution is 5.75. The van der Waals surface area contributed by atoms with Crippen molar-refractivity contribution in [2.24, 2.45) is 5.41 Å². The van der Waals surface area contributed by atoms with E-state index in [9.17, 15) is 15.0 Å². The zero-order valence-electron chi connectivity index (χ0n) is 11.3. The first kappa shape index (κ1) is 14.5. The van der Waals surface area contributed by atoms with Crippen LogP contribution in [-0.4, -0.2) is 21.7 Å². The zero-order valence-corrected chi connectivity index (χ0v) is 11.3. The summed E-state index contributed by atoms with van der Waals surface area (Å²) in [5, 5.41) is 21.7. The fourth-order valence-corrected chi connectivity index (χ4v) is 1.43. The normalized spacial score (nSPS) is 12.4. The molecule has 0 radical (unpaired) electrons. The Hall–Kier alpha value is -1.55. The molecule has 0 amide bonds. The van der Waals surface area contributed by atoms with E-state index < -0.39 is 16.9 Å². The van der Waals surface area contributed by atoms with E-state index in [0.29, 0.717) is 6.54 Å². The molecule has 0 aromatic heterocycles. The first-order valence-corrected chi connectivity index (χ1v) is 5.93. The largest absolute Gasteiger partial charge is 0.508 e. The maximum absolute atomic E-state index is 11.3. The van der Waals surface area contributed by atoms with Crippen LogP contribution in [-0.2, 0) is 11.3 Å². The number of aromatic hydroxyl groups is 1. The maximum Gasteiger partial charge on any atom is 0.310 e. The van der Waals surface area contributed by atoms with Gasteiger partial charge in [0.15, 0.2) is 0 Å². The highest BCUT2D eigenvalue weighted by Crippen LogP contribution is 2.31. The molecular formula is C14H21NO3. The SMILES string of the molecule is CC(C)(NCc1ccc(O)cc1)C(C)(C)C(=O)O. The quantitative estimate of drug-likeness (QED) is 0.751. The number of hydrogen-bond acceptors (Lipinski definition) is 3. The van der Waals surface area contributed by atoms with Crippen LogP contribution in [0.15, 0.2) is 24.3 Å². The van der Waals surface area contributed by atoms with Crippen LogP contribution in [0.2, 0.25) is 0 Å². The predicted molar refractivity (Wildman–Crippen MR) is 70.4 cm³/mol. The lowest BCUT2D eigenvalue weighted by Crippen LogP contribution is -2.54. The van der Waals surface area contributed by atoms with E-state index in [1.165, 1.54) is 0 Å². The minimum atomic E-state index is -0.871. The highest BCUT2D eigenvalue weighted by atomic mass is 16.4. The van der Waals surface area contributed by atoms with Crippen molar-refractivity contribution in [2.45, 2.75) is 39.8 Å². The molecule has 1 rings (SSSR count). The summed E-state index contributed by atoms with van der Waals surface area (Å²) in [4.78, 5) is 11.3. The second-order valence-corrected chi connectivity index (χ2v) is 5.58. The molecule has 0 heterocycles. The molecule has 0 saturated heterocycles. The summed E-state index contributed by atoms with van der Waals surface area (Å²) in [6.45, 7) is 7.73. The maximum atomic E-state index is 11.3. The number of carboxylic acid groups (broad SMARTS) is 1. The van der Waals surface area contributed by atoms with Crippen molar-refractivity contribution in [3.05, 3.63) is 29.8 Å². The lowest BCUT2D eigenvalue weighted by Gasteiger charge is -2.39. The van der Waals surface area contributed by atoms with Gasteiger partial charge in [-0.25, -0.2) is 0 Å². The third-order valence-corrected chi connectivity index (χ3v) is 3.77. The van der Waals surface area contributed by atoms with E-state index in [1.54, 1.807) is 26.0 Å². The summed E-state index contributed by atoms with van der Waals surface area (Å²) >= 11 is 0. The third-order valence-electron chi connectivity index (χ3n) is 3.77. The first-order valence-electron chi connectivity index (χ1n) is 5.93. The summed E-state index contributed by atoms with van der Waals surface area (Å²) < 4.78 is 0. The van der Waals surface area contributed by atoms with Crippen LogP contribution in [0.5, 0.6) is 5.75 Å². The molecule has 4 heteroatoms. The summed E-state index contributed by atoms with van der Waals surface area (Å²) in [5.74, 6) is -0.602. The Labute approximate surface area is 108 Å². The molecule has 0 unspecified atom stereocenters. The molecular weight excluding hydrogens is 230 g/mol. The van der Waals surface area contributed by atoms with Gasteiger partial charge in [0, 0.05) is 12.1 Å². The van der Waals surface area contributed by atoms with Gasteiger partial charge in [0.05, 0.1) is 5.41 Å². The topological polar surface area (TPSA) is 69.6 Å². The molecule has 0 bridgehead atoms. The Morgan fingerprint density at radius 2 is 1.67 bits per heavy atom. The molecule has 18 heavy (non-hydrogen) atoms. The van der Waals surface area contributed by atoms with Crippen LogP contribution < -0.4 is 5.32 Å². The van der Waals surface area contributed by atoms with Crippen molar-refractivity contribution in [1.82, 2.24) is 5.32 Å². The van der Waals surface area contributed by atoms with Crippen molar-refractivity contribution < 1.29 is 15.0 Å². The van der Waals surface area contributed by atoms with Crippen molar-refractivity contribution in [3.8, 4) is 5.75 Å². The number of nitrogens with one attached hydrogen (secondary N) is 1. The van der Waals surface area contributed by atoms with Gasteiger partial charge < -0.3 is 15.5 Å². The highest BCUT2D eigenvalue weighted by Gasteiger charge is 2.42. The second-order valence-electron chi connectivity index (χ2n) is 5.58. The number of aliphatic carboxylic acids is 1. The van der Waals surface area contributed by atoms with Gasteiger partial charge in [-0.05, 0) is 45.4 Å². The standard InChI is InChI=1S/C14H21NO3/c1-13(2,12(17)18)14(3,4)15-9-10-5-7-11(16)8-6-10/h5-8,15-16H,9H2,1-4H3,(H,17,18). The van der Waals surface area contributed by atoms with Gasteiger partial charge in [-0.1, -0.05) is 12.1 Å². The summed E-state index contributed by atoms with van der Waals surface area (Å²) in [6.07, 6.45) is 0. The fraction of sp³-hybridized carbons (Fsp3) is 0.500. The summed E-state index contributed by atoms with van der Waals surface area (Å²) in [7, 11) is 0. The number of carboxylic acids is 1. The van der Waals surface area contributed by atoms with E-state index in [4.69, 9.17) is 0 Å². The minimum absolute atomic E-state index is 0.226. The van der Waals surface area contributed by atoms with Gasteiger partial charge in [-0.3, -0.25) is 4.79 Å². The van der Waals surface area contributed by atoms with Crippen molar-refractivity contribution >= 4 is 5.97 Å². The number of carbonyl (C=O) groups is 1. The number of phenols is 1. The number of phenolic OH excluding ortho intramolecular Hbond substituents is 1. The van der Waals surface area contributed by atoms with Crippen LogP contribution in [0.3, 0.4) is 0 Å². The molecule has 1 aromatic rings. The van der Waals surface area contributed by atoms with E-state index in [0.717, 1.165) is 5.56 Å². The summed E-state index contributed by atoms with van der Waals surface area (Å²) in [6, 6.07) is 6.86. The predicted octanol–water partition coefficient (Wildman–Crippen LogP) is 2.37. The average molecular weight is 251 g/mol. The zero-order chi connectivity index (χ0) is 14.0. The van der Waals surface area contributed by atoms with Gasteiger partial charge in [-0.15, -0.1) is 0 Å². The molecule has 0 fully saturated rings. The van der Waals surface area contributed by atoms with Gasteiger partial charge in [0.25, 0.3) is 0 Å². The Bertz CT molecular complexity index is 421. The molecule has 0 saturated carbocycles. The Kier molecular flexibility index (Phi) is 4.02. The number of rotatable bonds is 5. The van der Waals surface area contributed by atoms with Crippen molar-refractivity contribution in [2.75, 3.05) is 0 Å². The van der Waals surface area contributed by atoms with Crippen LogP contribution in [0, 0.1) is 5.41 Å². The van der Waals surface area contributed by atoms with E-state index in [1.807, 2.05) is 26.0 Å². The van der Waals surface area contributed by atoms with Crippen LogP contribution in [0.25, 0.3) is 0 Å². The third kappa shape index (κ3) is 3.01. The van der Waals surface area contributed by atoms with E-state index in [2.05, 4.69) is 5.32 Å². The Morgan fingerprint density at radius 1 is 1.17 bits per heavy atom. The van der Waals surface area contributed by atoms with Gasteiger partial charge in [0.2, 0.25) is 0 Å². The van der Waals surface area contributed by atoms with Crippen molar-refractivity contribution in [3.63, 3.8) is 0 Å². The molecule has 0 aliphatic heterocycles. The van der Waals surface area contributed by atoms with Gasteiger partial charge in [-0.2, -0.15) is 0 Å². The molecule has 0 atom stereocenters. The molecule has 0 aliphatic rings. The monoisotopic (exact) mass is 251 g/mol. The van der Waals surface area contributed by atoms with Crippen LogP contribution >= 0.6 is 0 Å². The lowest BCUT2D eigenvalue weighted by atomic mass is 9.74. The molecule has 3 N–H and O–H groups in total.